The standard InChI is InChI=1S/C12H27O4P.C7H13BrN2O2/c1-2-3-4-5-6-7-8-9-10-11-12-16-17(13,14)15;1-3-7(8,4-2)5(11)10-6(9)12/h2-12H2,1H3,(H2,13,14,15);3-4H2,1-2H3,(H3,9,10,11,12). The van der Waals surface area contributed by atoms with Gasteiger partial charge in [-0.2, -0.15) is 0 Å². The molecule has 0 aliphatic carbocycles. The molecule has 0 unspecified atom stereocenters. The van der Waals surface area contributed by atoms with Gasteiger partial charge in [0.2, 0.25) is 5.91 Å². The molecule has 0 aromatic rings. The van der Waals surface area contributed by atoms with Gasteiger partial charge in [0, 0.05) is 0 Å². The van der Waals surface area contributed by atoms with Crippen LogP contribution in [0.1, 0.15) is 97.8 Å². The summed E-state index contributed by atoms with van der Waals surface area (Å²) in [5, 5.41) is 2.04. The molecule has 0 heterocycles. The van der Waals surface area contributed by atoms with Crippen LogP contribution in [0.5, 0.6) is 0 Å². The number of phosphoric acid groups is 1. The fourth-order valence-corrected chi connectivity index (χ4v) is 3.03. The Labute approximate surface area is 184 Å². The molecule has 0 atom stereocenters. The molecule has 0 radical (unpaired) electrons. The van der Waals surface area contributed by atoms with Crippen molar-refractivity contribution in [1.82, 2.24) is 5.32 Å². The molecule has 174 valence electrons. The summed E-state index contributed by atoms with van der Waals surface area (Å²) in [5.41, 5.74) is 4.81. The minimum absolute atomic E-state index is 0.167. The quantitative estimate of drug-likeness (QED) is 0.138. The molecule has 0 aliphatic rings. The third kappa shape index (κ3) is 20.6. The molecule has 0 rings (SSSR count). The maximum Gasteiger partial charge on any atom is 0.469 e. The van der Waals surface area contributed by atoms with Crippen molar-refractivity contribution >= 4 is 35.7 Å². The van der Waals surface area contributed by atoms with Crippen LogP contribution in [0.4, 0.5) is 4.79 Å². The first kappa shape index (κ1) is 30.7. The van der Waals surface area contributed by atoms with E-state index in [1.807, 2.05) is 19.2 Å². The highest BCUT2D eigenvalue weighted by Crippen LogP contribution is 2.35. The summed E-state index contributed by atoms with van der Waals surface area (Å²) in [4.78, 5) is 38.5. The number of nitrogens with one attached hydrogen (secondary N) is 1. The maximum absolute atomic E-state index is 11.3. The normalized spacial score (nSPS) is 11.5. The zero-order valence-corrected chi connectivity index (χ0v) is 20.6. The first-order chi connectivity index (χ1) is 13.5. The number of imide groups is 1. The van der Waals surface area contributed by atoms with Gasteiger partial charge in [0.05, 0.1) is 6.61 Å². The third-order valence-electron chi connectivity index (χ3n) is 4.52. The van der Waals surface area contributed by atoms with Crippen LogP contribution in [0.2, 0.25) is 0 Å². The van der Waals surface area contributed by atoms with Gasteiger partial charge in [0.25, 0.3) is 0 Å². The van der Waals surface area contributed by atoms with E-state index >= 15 is 0 Å². The number of rotatable bonds is 15. The highest BCUT2D eigenvalue weighted by Gasteiger charge is 2.32. The van der Waals surface area contributed by atoms with Gasteiger partial charge in [-0.25, -0.2) is 9.36 Å². The van der Waals surface area contributed by atoms with Crippen LogP contribution in [0.15, 0.2) is 0 Å². The average molecular weight is 503 g/mol. The Morgan fingerprint density at radius 2 is 1.34 bits per heavy atom. The van der Waals surface area contributed by atoms with E-state index in [9.17, 15) is 14.2 Å². The van der Waals surface area contributed by atoms with Gasteiger partial charge in [-0.3, -0.25) is 14.6 Å². The molecule has 0 saturated carbocycles. The number of phosphoric ester groups is 1. The van der Waals surface area contributed by atoms with E-state index in [0.717, 1.165) is 19.3 Å². The van der Waals surface area contributed by atoms with Gasteiger partial charge in [0.1, 0.15) is 4.32 Å². The topological polar surface area (TPSA) is 139 Å². The highest BCUT2D eigenvalue weighted by atomic mass is 79.9. The number of halogens is 1. The van der Waals surface area contributed by atoms with Crippen molar-refractivity contribution in [3.05, 3.63) is 0 Å². The second kappa shape index (κ2) is 18.3. The fraction of sp³-hybridized carbons (Fsp3) is 0.895. The number of primary amides is 1. The van der Waals surface area contributed by atoms with Gasteiger partial charge in [-0.15, -0.1) is 0 Å². The fourth-order valence-electron chi connectivity index (χ4n) is 2.57. The van der Waals surface area contributed by atoms with Gasteiger partial charge in [-0.05, 0) is 19.3 Å². The van der Waals surface area contributed by atoms with Crippen LogP contribution >= 0.6 is 23.8 Å². The lowest BCUT2D eigenvalue weighted by Crippen LogP contribution is -2.46. The van der Waals surface area contributed by atoms with Crippen molar-refractivity contribution < 1.29 is 28.5 Å². The molecule has 10 heteroatoms. The van der Waals surface area contributed by atoms with E-state index in [2.05, 4.69) is 27.4 Å². The summed E-state index contributed by atoms with van der Waals surface area (Å²) < 4.78 is 14.1. The van der Waals surface area contributed by atoms with Gasteiger partial charge >= 0.3 is 13.9 Å². The molecule has 8 nitrogen and oxygen atoms in total. The summed E-state index contributed by atoms with van der Waals surface area (Å²) in [7, 11) is -4.24. The van der Waals surface area contributed by atoms with Crippen LogP contribution in [0.3, 0.4) is 0 Å². The van der Waals surface area contributed by atoms with Crippen molar-refractivity contribution in [2.24, 2.45) is 5.73 Å². The maximum atomic E-state index is 11.3. The largest absolute Gasteiger partial charge is 0.469 e. The number of carbonyl (C=O) groups is 2. The SMILES string of the molecule is CCC(Br)(CC)C(=O)NC(N)=O.CCCCCCCCCCCCOP(=O)(O)O. The molecule has 29 heavy (non-hydrogen) atoms. The molecule has 5 N–H and O–H groups in total. The van der Waals surface area contributed by atoms with Crippen molar-refractivity contribution in [1.29, 1.82) is 0 Å². The van der Waals surface area contributed by atoms with E-state index in [0.29, 0.717) is 12.8 Å². The smallest absolute Gasteiger partial charge is 0.351 e. The summed E-state index contributed by atoms with van der Waals surface area (Å²) in [6.07, 6.45) is 13.3. The number of unbranched alkanes of at least 4 members (excludes halogenated alkanes) is 9. The van der Waals surface area contributed by atoms with E-state index in [-0.39, 0.29) is 12.5 Å². The highest BCUT2D eigenvalue weighted by molar-refractivity contribution is 9.10. The van der Waals surface area contributed by atoms with Crippen molar-refractivity contribution in [3.8, 4) is 0 Å². The Morgan fingerprint density at radius 1 is 0.931 bits per heavy atom. The first-order valence-corrected chi connectivity index (χ1v) is 12.8. The lowest BCUT2D eigenvalue weighted by molar-refractivity contribution is -0.122. The molecule has 0 fully saturated rings. The van der Waals surface area contributed by atoms with Crippen molar-refractivity contribution in [2.75, 3.05) is 6.61 Å². The number of nitrogens with two attached hydrogens (primary N) is 1. The third-order valence-corrected chi connectivity index (χ3v) is 6.52. The molecule has 0 spiro atoms. The Balaban J connectivity index is 0. The van der Waals surface area contributed by atoms with E-state index in [4.69, 9.17) is 15.5 Å². The monoisotopic (exact) mass is 502 g/mol. The number of hydrogen-bond donors (Lipinski definition) is 4. The summed E-state index contributed by atoms with van der Waals surface area (Å²) in [6.45, 7) is 6.11. The van der Waals surface area contributed by atoms with Gasteiger partial charge in [-0.1, -0.05) is 94.5 Å². The van der Waals surface area contributed by atoms with Crippen molar-refractivity contribution in [3.63, 3.8) is 0 Å². The van der Waals surface area contributed by atoms with Crippen LogP contribution in [-0.2, 0) is 13.9 Å². The van der Waals surface area contributed by atoms with Crippen LogP contribution in [0, 0.1) is 0 Å². The Bertz CT molecular complexity index is 483. The average Bonchev–Trinajstić information content (AvgIpc) is 2.64. The molecular formula is C19H40BrN2O6P. The van der Waals surface area contributed by atoms with Crippen LogP contribution in [-0.4, -0.2) is 32.7 Å². The van der Waals surface area contributed by atoms with Crippen LogP contribution in [0.25, 0.3) is 0 Å². The van der Waals surface area contributed by atoms with Crippen LogP contribution < -0.4 is 11.1 Å². The lowest BCUT2D eigenvalue weighted by atomic mass is 10.0. The van der Waals surface area contributed by atoms with Gasteiger partial charge < -0.3 is 15.5 Å². The second-order valence-electron chi connectivity index (χ2n) is 7.00. The van der Waals surface area contributed by atoms with Gasteiger partial charge in [0.15, 0.2) is 0 Å². The Hall–Kier alpha value is -0.470. The Morgan fingerprint density at radius 3 is 1.69 bits per heavy atom. The summed E-state index contributed by atoms with van der Waals surface area (Å²) in [6, 6.07) is -0.814. The molecular weight excluding hydrogens is 463 g/mol. The number of alkyl halides is 1. The van der Waals surface area contributed by atoms with E-state index < -0.39 is 18.2 Å². The summed E-state index contributed by atoms with van der Waals surface area (Å²) >= 11 is 3.26. The molecule has 3 amide bonds. The number of carbonyl (C=O) groups excluding carboxylic acids is 2. The second-order valence-corrected chi connectivity index (χ2v) is 9.75. The number of hydrogen-bond acceptors (Lipinski definition) is 4. The molecule has 0 bridgehead atoms. The molecule has 0 aliphatic heterocycles. The predicted octanol–water partition coefficient (Wildman–Crippen LogP) is 5.15. The zero-order chi connectivity index (χ0) is 22.8. The summed E-state index contributed by atoms with van der Waals surface area (Å²) in [5.74, 6) is -0.375. The molecule has 0 aromatic carbocycles. The molecule has 0 saturated heterocycles. The number of urea groups is 1. The van der Waals surface area contributed by atoms with E-state index in [1.54, 1.807) is 0 Å². The zero-order valence-electron chi connectivity index (χ0n) is 18.1. The van der Waals surface area contributed by atoms with Crippen molar-refractivity contribution in [2.45, 2.75) is 102 Å². The lowest BCUT2D eigenvalue weighted by Gasteiger charge is -2.21. The van der Waals surface area contributed by atoms with E-state index in [1.165, 1.54) is 44.9 Å². The predicted molar refractivity (Wildman–Crippen MR) is 120 cm³/mol. The first-order valence-electron chi connectivity index (χ1n) is 10.5. The number of amides is 3. The minimum Gasteiger partial charge on any atom is -0.351 e. The minimum atomic E-state index is -4.24. The molecule has 0 aromatic heterocycles. The Kier molecular flexibility index (Phi) is 19.4.